The van der Waals surface area contributed by atoms with Gasteiger partial charge in [0.25, 0.3) is 0 Å². The van der Waals surface area contributed by atoms with Gasteiger partial charge in [0, 0.05) is 4.91 Å². The lowest BCUT2D eigenvalue weighted by Gasteiger charge is -2.41. The van der Waals surface area contributed by atoms with E-state index in [9.17, 15) is 0 Å². The average molecular weight is 197 g/mol. The van der Waals surface area contributed by atoms with Crippen LogP contribution in [0.5, 0.6) is 0 Å². The van der Waals surface area contributed by atoms with Crippen LogP contribution in [0.2, 0.25) is 0 Å². The Balaban J connectivity index is 2.78. The van der Waals surface area contributed by atoms with Gasteiger partial charge in [-0.1, -0.05) is 25.9 Å². The van der Waals surface area contributed by atoms with Gasteiger partial charge in [-0.15, -0.1) is 0 Å². The lowest BCUT2D eigenvalue weighted by Crippen LogP contribution is -2.46. The van der Waals surface area contributed by atoms with Gasteiger partial charge in [0.2, 0.25) is 0 Å². The normalized spacial score (nSPS) is 43.0. The van der Waals surface area contributed by atoms with E-state index in [1.54, 1.807) is 0 Å². The zero-order valence-corrected chi connectivity index (χ0v) is 9.34. The molecule has 0 aliphatic carbocycles. The maximum Gasteiger partial charge on any atom is 0.0662 e. The molecule has 5 atom stereocenters. The first kappa shape index (κ1) is 11.3. The van der Waals surface area contributed by atoms with E-state index in [1.165, 1.54) is 0 Å². The Kier molecular flexibility index (Phi) is 3.78. The van der Waals surface area contributed by atoms with Crippen molar-refractivity contribution in [1.29, 1.82) is 0 Å². The van der Waals surface area contributed by atoms with Gasteiger partial charge in [0.15, 0.2) is 0 Å². The van der Waals surface area contributed by atoms with Gasteiger partial charge in [-0.05, 0) is 30.7 Å². The smallest absolute Gasteiger partial charge is 0.0662 e. The van der Waals surface area contributed by atoms with E-state index in [0.29, 0.717) is 17.9 Å². The summed E-state index contributed by atoms with van der Waals surface area (Å²) in [7, 11) is 0. The summed E-state index contributed by atoms with van der Waals surface area (Å²) in [5.41, 5.74) is 8.47. The van der Waals surface area contributed by atoms with Gasteiger partial charge in [-0.2, -0.15) is 0 Å². The lowest BCUT2D eigenvalue weighted by molar-refractivity contribution is -0.105. The maximum absolute atomic E-state index is 8.47. The van der Waals surface area contributed by atoms with Crippen LogP contribution in [0.4, 0.5) is 0 Å². The summed E-state index contributed by atoms with van der Waals surface area (Å²) < 4.78 is 5.82. The molecule has 0 amide bonds. The minimum Gasteiger partial charge on any atom is -0.375 e. The van der Waals surface area contributed by atoms with Gasteiger partial charge in [-0.25, -0.2) is 0 Å². The van der Waals surface area contributed by atoms with Crippen molar-refractivity contribution in [2.24, 2.45) is 17.0 Å². The molecule has 1 aliphatic rings. The number of hydrogen-bond acceptors (Lipinski definition) is 2. The summed E-state index contributed by atoms with van der Waals surface area (Å²) in [6.45, 7) is 8.44. The fraction of sp³-hybridized carbons (Fsp3) is 1.00. The molecule has 0 spiro atoms. The highest BCUT2D eigenvalue weighted by Gasteiger charge is 2.37. The molecule has 1 rings (SSSR count). The van der Waals surface area contributed by atoms with Gasteiger partial charge in [0.1, 0.15) is 0 Å². The zero-order valence-electron chi connectivity index (χ0n) is 9.34. The van der Waals surface area contributed by atoms with E-state index < -0.39 is 0 Å². The Morgan fingerprint density at radius 2 is 1.93 bits per heavy atom. The fourth-order valence-electron chi connectivity index (χ4n) is 2.28. The van der Waals surface area contributed by atoms with E-state index in [-0.39, 0.29) is 12.1 Å². The van der Waals surface area contributed by atoms with Crippen molar-refractivity contribution >= 4 is 0 Å². The summed E-state index contributed by atoms with van der Waals surface area (Å²) in [6.07, 6.45) is 1.38. The van der Waals surface area contributed by atoms with Crippen LogP contribution in [0.1, 0.15) is 34.1 Å². The Hall–Kier alpha value is -0.730. The van der Waals surface area contributed by atoms with Gasteiger partial charge >= 0.3 is 0 Å². The summed E-state index contributed by atoms with van der Waals surface area (Å²) in [5, 5.41) is 3.82. The summed E-state index contributed by atoms with van der Waals surface area (Å²) in [5.74, 6) is 0.867. The molecular formula is C10H19N3O. The zero-order chi connectivity index (χ0) is 10.7. The van der Waals surface area contributed by atoms with Crippen LogP contribution in [0.25, 0.3) is 10.4 Å². The SMILES string of the molecule is CCC1OC(C)[C@H](N=[N+]=[N-])[C@@H](C)C1C. The minimum atomic E-state index is -0.0159. The Labute approximate surface area is 85.3 Å². The topological polar surface area (TPSA) is 58.0 Å². The highest BCUT2D eigenvalue weighted by molar-refractivity contribution is 4.90. The van der Waals surface area contributed by atoms with Crippen molar-refractivity contribution in [1.82, 2.24) is 0 Å². The van der Waals surface area contributed by atoms with E-state index in [2.05, 4.69) is 30.8 Å². The first-order chi connectivity index (χ1) is 6.61. The summed E-state index contributed by atoms with van der Waals surface area (Å²) in [4.78, 5) is 2.89. The van der Waals surface area contributed by atoms with Gasteiger partial charge in [-0.3, -0.25) is 0 Å². The quantitative estimate of drug-likeness (QED) is 0.381. The second kappa shape index (κ2) is 4.67. The molecule has 3 unspecified atom stereocenters. The standard InChI is InChI=1S/C10H19N3O/c1-5-9-6(2)7(3)10(12-13-11)8(4)14-9/h6-10H,5H2,1-4H3/t6?,7-,8?,9?,10+/m0/s1. The van der Waals surface area contributed by atoms with Crippen LogP contribution in [0, 0.1) is 11.8 Å². The van der Waals surface area contributed by atoms with Crippen molar-refractivity contribution < 1.29 is 4.74 Å². The molecule has 80 valence electrons. The number of rotatable bonds is 2. The largest absolute Gasteiger partial charge is 0.375 e. The number of ether oxygens (including phenoxy) is 1. The molecule has 1 saturated heterocycles. The Morgan fingerprint density at radius 3 is 2.43 bits per heavy atom. The van der Waals surface area contributed by atoms with Crippen LogP contribution in [0.3, 0.4) is 0 Å². The third-order valence-electron chi connectivity index (χ3n) is 3.41. The van der Waals surface area contributed by atoms with Crippen molar-refractivity contribution in [2.45, 2.75) is 52.4 Å². The second-order valence-corrected chi connectivity index (χ2v) is 4.20. The third-order valence-corrected chi connectivity index (χ3v) is 3.41. The minimum absolute atomic E-state index is 0.0159. The van der Waals surface area contributed by atoms with E-state index in [1.807, 2.05) is 6.92 Å². The molecule has 0 saturated carbocycles. The molecule has 1 aliphatic heterocycles. The molecular weight excluding hydrogens is 178 g/mol. The number of nitrogens with zero attached hydrogens (tertiary/aromatic N) is 3. The van der Waals surface area contributed by atoms with E-state index in [0.717, 1.165) is 6.42 Å². The number of hydrogen-bond donors (Lipinski definition) is 0. The Morgan fingerprint density at radius 1 is 1.29 bits per heavy atom. The predicted molar refractivity (Wildman–Crippen MR) is 55.9 cm³/mol. The molecule has 0 aromatic rings. The maximum atomic E-state index is 8.47. The van der Waals surface area contributed by atoms with Crippen LogP contribution in [-0.4, -0.2) is 18.2 Å². The first-order valence-electron chi connectivity index (χ1n) is 5.31. The fourth-order valence-corrected chi connectivity index (χ4v) is 2.28. The second-order valence-electron chi connectivity index (χ2n) is 4.20. The molecule has 0 radical (unpaired) electrons. The summed E-state index contributed by atoms with van der Waals surface area (Å²) >= 11 is 0. The van der Waals surface area contributed by atoms with Gasteiger partial charge < -0.3 is 4.74 Å². The molecule has 4 heteroatoms. The van der Waals surface area contributed by atoms with E-state index >= 15 is 0 Å². The third kappa shape index (κ3) is 2.02. The van der Waals surface area contributed by atoms with Crippen molar-refractivity contribution in [2.75, 3.05) is 0 Å². The predicted octanol–water partition coefficient (Wildman–Crippen LogP) is 3.13. The molecule has 0 aromatic heterocycles. The van der Waals surface area contributed by atoms with E-state index in [4.69, 9.17) is 10.3 Å². The molecule has 0 aromatic carbocycles. The Bertz CT molecular complexity index is 238. The van der Waals surface area contributed by atoms with Crippen molar-refractivity contribution in [3.05, 3.63) is 10.4 Å². The average Bonchev–Trinajstić information content (AvgIpc) is 2.18. The molecule has 4 nitrogen and oxygen atoms in total. The highest BCUT2D eigenvalue weighted by atomic mass is 16.5. The lowest BCUT2D eigenvalue weighted by atomic mass is 9.80. The van der Waals surface area contributed by atoms with Crippen molar-refractivity contribution in [3.63, 3.8) is 0 Å². The monoisotopic (exact) mass is 197 g/mol. The summed E-state index contributed by atoms with van der Waals surface area (Å²) in [6, 6.07) is -0.0159. The molecule has 14 heavy (non-hydrogen) atoms. The van der Waals surface area contributed by atoms with Crippen LogP contribution < -0.4 is 0 Å². The highest BCUT2D eigenvalue weighted by Crippen LogP contribution is 2.33. The first-order valence-corrected chi connectivity index (χ1v) is 5.31. The van der Waals surface area contributed by atoms with Crippen molar-refractivity contribution in [3.8, 4) is 0 Å². The number of azide groups is 1. The molecule has 0 bridgehead atoms. The van der Waals surface area contributed by atoms with Crippen LogP contribution in [-0.2, 0) is 4.74 Å². The molecule has 0 N–H and O–H groups in total. The van der Waals surface area contributed by atoms with Crippen LogP contribution >= 0.6 is 0 Å². The van der Waals surface area contributed by atoms with Crippen LogP contribution in [0.15, 0.2) is 5.11 Å². The molecule has 1 fully saturated rings. The van der Waals surface area contributed by atoms with Gasteiger partial charge in [0.05, 0.1) is 18.2 Å². The molecule has 1 heterocycles.